The van der Waals surface area contributed by atoms with Gasteiger partial charge in [0.2, 0.25) is 0 Å². The molecule has 2 aromatic heterocycles. The number of carbonyl (C=O) groups excluding carboxylic acids is 1. The summed E-state index contributed by atoms with van der Waals surface area (Å²) in [4.78, 5) is 20.7. The lowest BCUT2D eigenvalue weighted by Crippen LogP contribution is -2.32. The van der Waals surface area contributed by atoms with E-state index in [0.29, 0.717) is 12.0 Å². The zero-order chi connectivity index (χ0) is 13.7. The molecule has 1 unspecified atom stereocenters. The van der Waals surface area contributed by atoms with Gasteiger partial charge in [-0.25, -0.2) is 4.98 Å². The molecule has 1 aliphatic heterocycles. The first-order valence-corrected chi connectivity index (χ1v) is 8.76. The van der Waals surface area contributed by atoms with Gasteiger partial charge in [0, 0.05) is 17.3 Å². The second-order valence-electron chi connectivity index (χ2n) is 5.56. The number of aldehydes is 1. The Morgan fingerprint density at radius 3 is 3.05 bits per heavy atom. The fourth-order valence-electron chi connectivity index (χ4n) is 2.96. The predicted molar refractivity (Wildman–Crippen MR) is 83.3 cm³/mol. The van der Waals surface area contributed by atoms with Gasteiger partial charge >= 0.3 is 0 Å². The monoisotopic (exact) mass is 304 g/mol. The first-order valence-electron chi connectivity index (χ1n) is 7.06. The van der Waals surface area contributed by atoms with E-state index in [0.717, 1.165) is 35.0 Å². The Hall–Kier alpha value is -1.20. The minimum atomic E-state index is 0.364. The van der Waals surface area contributed by atoms with Crippen LogP contribution in [0.4, 0.5) is 5.13 Å². The molecule has 0 spiro atoms. The van der Waals surface area contributed by atoms with Crippen LogP contribution in [0.2, 0.25) is 0 Å². The average molecular weight is 304 g/mol. The van der Waals surface area contributed by atoms with Gasteiger partial charge in [0.05, 0.1) is 16.6 Å². The van der Waals surface area contributed by atoms with E-state index < -0.39 is 0 Å². The van der Waals surface area contributed by atoms with E-state index in [4.69, 9.17) is 4.98 Å². The normalized spacial score (nSPS) is 21.9. The molecule has 0 amide bonds. The van der Waals surface area contributed by atoms with Crippen molar-refractivity contribution in [3.8, 4) is 0 Å². The Kier molecular flexibility index (Phi) is 2.93. The number of thiazole rings is 1. The Morgan fingerprint density at radius 1 is 1.45 bits per heavy atom. The smallest absolute Gasteiger partial charge is 0.186 e. The van der Waals surface area contributed by atoms with Crippen LogP contribution < -0.4 is 4.90 Å². The molecule has 3 heterocycles. The molecule has 1 atom stereocenters. The molecule has 3 nitrogen and oxygen atoms in total. The van der Waals surface area contributed by atoms with Gasteiger partial charge in [-0.1, -0.05) is 11.3 Å². The number of carbonyl (C=O) groups is 1. The Labute approximate surface area is 126 Å². The number of hydrogen-bond donors (Lipinski definition) is 0. The summed E-state index contributed by atoms with van der Waals surface area (Å²) in [6.07, 6.45) is 4.45. The number of fused-ring (bicyclic) bond motifs is 1. The second kappa shape index (κ2) is 4.67. The molecule has 4 rings (SSSR count). The molecule has 0 N–H and O–H groups in total. The molecule has 1 aliphatic carbocycles. The molecule has 1 fully saturated rings. The Bertz CT molecular complexity index is 657. The van der Waals surface area contributed by atoms with Crippen molar-refractivity contribution in [2.75, 3.05) is 11.4 Å². The van der Waals surface area contributed by atoms with E-state index in [1.165, 1.54) is 23.3 Å². The molecule has 104 valence electrons. The van der Waals surface area contributed by atoms with E-state index in [9.17, 15) is 4.79 Å². The van der Waals surface area contributed by atoms with Crippen molar-refractivity contribution < 1.29 is 4.79 Å². The van der Waals surface area contributed by atoms with Crippen molar-refractivity contribution in [2.45, 2.75) is 38.1 Å². The summed E-state index contributed by atoms with van der Waals surface area (Å²) < 4.78 is 0. The van der Waals surface area contributed by atoms with Crippen molar-refractivity contribution in [2.24, 2.45) is 0 Å². The van der Waals surface area contributed by atoms with Crippen molar-refractivity contribution in [3.05, 3.63) is 32.5 Å². The summed E-state index contributed by atoms with van der Waals surface area (Å²) in [5.74, 6) is 0.539. The highest BCUT2D eigenvalue weighted by Crippen LogP contribution is 2.45. The van der Waals surface area contributed by atoms with E-state index >= 15 is 0 Å². The third-order valence-corrected chi connectivity index (χ3v) is 6.29. The lowest BCUT2D eigenvalue weighted by Gasteiger charge is -2.33. The molecule has 1 saturated carbocycles. The van der Waals surface area contributed by atoms with Crippen molar-refractivity contribution in [1.82, 2.24) is 4.98 Å². The van der Waals surface area contributed by atoms with E-state index in [1.807, 2.05) is 11.3 Å². The van der Waals surface area contributed by atoms with Crippen LogP contribution >= 0.6 is 22.7 Å². The van der Waals surface area contributed by atoms with Crippen LogP contribution in [-0.4, -0.2) is 17.8 Å². The van der Waals surface area contributed by atoms with Gasteiger partial charge in [-0.2, -0.15) is 0 Å². The standard InChI is InChI=1S/C15H16N2OS2/c1-9-11-5-7-19-12(11)4-6-17(9)15-16-14(10-2-3-10)13(8-18)20-15/h5,7-10H,2-4,6H2,1H3. The number of nitrogens with zero attached hydrogens (tertiary/aromatic N) is 2. The zero-order valence-corrected chi connectivity index (χ0v) is 13.0. The third-order valence-electron chi connectivity index (χ3n) is 4.26. The van der Waals surface area contributed by atoms with Crippen LogP contribution in [0.3, 0.4) is 0 Å². The number of rotatable bonds is 3. The molecule has 0 aromatic carbocycles. The van der Waals surface area contributed by atoms with E-state index in [-0.39, 0.29) is 0 Å². The molecule has 2 aliphatic rings. The van der Waals surface area contributed by atoms with E-state index in [2.05, 4.69) is 23.3 Å². The molecule has 0 saturated heterocycles. The Morgan fingerprint density at radius 2 is 2.30 bits per heavy atom. The topological polar surface area (TPSA) is 33.2 Å². The lowest BCUT2D eigenvalue weighted by atomic mass is 10.0. The fraction of sp³-hybridized carbons (Fsp3) is 0.467. The van der Waals surface area contributed by atoms with Crippen LogP contribution in [-0.2, 0) is 6.42 Å². The van der Waals surface area contributed by atoms with Gasteiger partial charge < -0.3 is 4.90 Å². The molecular weight excluding hydrogens is 288 g/mol. The van der Waals surface area contributed by atoms with Crippen LogP contribution in [0.15, 0.2) is 11.4 Å². The lowest BCUT2D eigenvalue weighted by molar-refractivity contribution is 0.112. The molecular formula is C15H16N2OS2. The summed E-state index contributed by atoms with van der Waals surface area (Å²) in [6.45, 7) is 3.24. The van der Waals surface area contributed by atoms with Gasteiger partial charge in [-0.05, 0) is 43.2 Å². The van der Waals surface area contributed by atoms with Gasteiger partial charge in [0.15, 0.2) is 11.4 Å². The zero-order valence-electron chi connectivity index (χ0n) is 11.3. The molecule has 0 bridgehead atoms. The summed E-state index contributed by atoms with van der Waals surface area (Å²) in [7, 11) is 0. The maximum Gasteiger partial charge on any atom is 0.186 e. The largest absolute Gasteiger partial charge is 0.341 e. The first-order chi connectivity index (χ1) is 9.78. The van der Waals surface area contributed by atoms with Gasteiger partial charge in [0.1, 0.15) is 0 Å². The second-order valence-corrected chi connectivity index (χ2v) is 7.57. The highest BCUT2D eigenvalue weighted by molar-refractivity contribution is 7.17. The summed E-state index contributed by atoms with van der Waals surface area (Å²) in [6, 6.07) is 2.59. The number of hydrogen-bond acceptors (Lipinski definition) is 5. The van der Waals surface area contributed by atoms with Gasteiger partial charge in [0.25, 0.3) is 0 Å². The van der Waals surface area contributed by atoms with E-state index in [1.54, 1.807) is 11.3 Å². The number of aromatic nitrogens is 1. The average Bonchev–Trinajstić information content (AvgIpc) is 3.03. The summed E-state index contributed by atoms with van der Waals surface area (Å²) in [5.41, 5.74) is 2.47. The Balaban J connectivity index is 1.69. The maximum absolute atomic E-state index is 11.2. The maximum atomic E-state index is 11.2. The quantitative estimate of drug-likeness (QED) is 0.803. The summed E-state index contributed by atoms with van der Waals surface area (Å²) >= 11 is 3.42. The number of thiophene rings is 1. The number of anilines is 1. The van der Waals surface area contributed by atoms with Crippen molar-refractivity contribution >= 4 is 34.1 Å². The van der Waals surface area contributed by atoms with Gasteiger partial charge in [-0.15, -0.1) is 11.3 Å². The highest BCUT2D eigenvalue weighted by Gasteiger charge is 2.32. The molecule has 0 radical (unpaired) electrons. The molecule has 5 heteroatoms. The minimum Gasteiger partial charge on any atom is -0.341 e. The predicted octanol–water partition coefficient (Wildman–Crippen LogP) is 4.02. The van der Waals surface area contributed by atoms with Gasteiger partial charge in [-0.3, -0.25) is 4.79 Å². The first kappa shape index (κ1) is 12.5. The SMILES string of the molecule is CC1c2ccsc2CCN1c1nc(C2CC2)c(C=O)s1. The van der Waals surface area contributed by atoms with Crippen molar-refractivity contribution in [1.29, 1.82) is 0 Å². The molecule has 20 heavy (non-hydrogen) atoms. The van der Waals surface area contributed by atoms with Crippen LogP contribution in [0, 0.1) is 0 Å². The van der Waals surface area contributed by atoms with Crippen molar-refractivity contribution in [3.63, 3.8) is 0 Å². The van der Waals surface area contributed by atoms with Crippen LogP contribution in [0.25, 0.3) is 0 Å². The fourth-order valence-corrected chi connectivity index (χ4v) is 4.99. The third kappa shape index (κ3) is 1.91. The molecule has 2 aromatic rings. The van der Waals surface area contributed by atoms with Crippen LogP contribution in [0.1, 0.15) is 57.5 Å². The summed E-state index contributed by atoms with van der Waals surface area (Å²) in [5, 5.41) is 3.21. The highest BCUT2D eigenvalue weighted by atomic mass is 32.1. The van der Waals surface area contributed by atoms with Crippen LogP contribution in [0.5, 0.6) is 0 Å². The minimum absolute atomic E-state index is 0.364.